The van der Waals surface area contributed by atoms with Gasteiger partial charge < -0.3 is 15.1 Å². The first kappa shape index (κ1) is 17.7. The fraction of sp³-hybridized carbons (Fsp3) is 0.333. The third-order valence-corrected chi connectivity index (χ3v) is 4.11. The second kappa shape index (κ2) is 7.81. The van der Waals surface area contributed by atoms with E-state index in [4.69, 9.17) is 0 Å². The molecule has 0 aliphatic carbocycles. The van der Waals surface area contributed by atoms with Crippen molar-refractivity contribution in [3.8, 4) is 0 Å². The van der Waals surface area contributed by atoms with Gasteiger partial charge in [-0.05, 0) is 24.6 Å². The van der Waals surface area contributed by atoms with E-state index in [1.54, 1.807) is 29.4 Å². The standard InChI is InChI=1S/C18H22N6O2/c1-23(2)17-13(5-3-9-19-17)11-21-18(26)22-15-8-7-14(12-20-15)24-10-4-6-16(24)25/h3,5,7-9,12H,4,6,10-11H2,1-2H3,(H2,20,21,22,26). The highest BCUT2D eigenvalue weighted by atomic mass is 16.2. The van der Waals surface area contributed by atoms with E-state index in [0.29, 0.717) is 25.3 Å². The van der Waals surface area contributed by atoms with Crippen molar-refractivity contribution in [3.63, 3.8) is 0 Å². The van der Waals surface area contributed by atoms with Gasteiger partial charge in [-0.25, -0.2) is 14.8 Å². The van der Waals surface area contributed by atoms with Crippen LogP contribution in [0.1, 0.15) is 18.4 Å². The van der Waals surface area contributed by atoms with Crippen LogP contribution in [0.4, 0.5) is 22.1 Å². The molecule has 2 N–H and O–H groups in total. The molecule has 2 aromatic heterocycles. The predicted octanol–water partition coefficient (Wildman–Crippen LogP) is 1.99. The molecule has 1 saturated heterocycles. The van der Waals surface area contributed by atoms with Gasteiger partial charge in [0.1, 0.15) is 11.6 Å². The zero-order valence-corrected chi connectivity index (χ0v) is 14.9. The first-order valence-electron chi connectivity index (χ1n) is 8.47. The van der Waals surface area contributed by atoms with Crippen LogP contribution in [0.3, 0.4) is 0 Å². The van der Waals surface area contributed by atoms with Gasteiger partial charge >= 0.3 is 6.03 Å². The zero-order valence-electron chi connectivity index (χ0n) is 14.9. The minimum absolute atomic E-state index is 0.110. The van der Waals surface area contributed by atoms with Gasteiger partial charge in [-0.1, -0.05) is 6.07 Å². The van der Waals surface area contributed by atoms with Gasteiger partial charge in [0.15, 0.2) is 0 Å². The second-order valence-electron chi connectivity index (χ2n) is 6.24. The summed E-state index contributed by atoms with van der Waals surface area (Å²) in [5.41, 5.74) is 1.67. The van der Waals surface area contributed by atoms with Gasteiger partial charge in [-0.3, -0.25) is 10.1 Å². The lowest BCUT2D eigenvalue weighted by molar-refractivity contribution is -0.117. The van der Waals surface area contributed by atoms with Crippen LogP contribution in [-0.4, -0.2) is 42.5 Å². The Balaban J connectivity index is 1.56. The van der Waals surface area contributed by atoms with Crippen molar-refractivity contribution in [3.05, 3.63) is 42.2 Å². The summed E-state index contributed by atoms with van der Waals surface area (Å²) >= 11 is 0. The normalized spacial score (nSPS) is 13.6. The highest BCUT2D eigenvalue weighted by molar-refractivity contribution is 5.95. The minimum atomic E-state index is -0.351. The van der Waals surface area contributed by atoms with Crippen molar-refractivity contribution >= 4 is 29.3 Å². The Morgan fingerprint density at radius 3 is 2.77 bits per heavy atom. The van der Waals surface area contributed by atoms with E-state index in [2.05, 4.69) is 20.6 Å². The summed E-state index contributed by atoms with van der Waals surface area (Å²) in [6.45, 7) is 1.07. The van der Waals surface area contributed by atoms with E-state index in [0.717, 1.165) is 23.5 Å². The van der Waals surface area contributed by atoms with Crippen LogP contribution in [-0.2, 0) is 11.3 Å². The second-order valence-corrected chi connectivity index (χ2v) is 6.24. The van der Waals surface area contributed by atoms with Crippen LogP contribution in [0.5, 0.6) is 0 Å². The number of carbonyl (C=O) groups excluding carboxylic acids is 2. The van der Waals surface area contributed by atoms with Crippen molar-refractivity contribution in [2.75, 3.05) is 35.8 Å². The molecular weight excluding hydrogens is 332 g/mol. The molecule has 0 bridgehead atoms. The Morgan fingerprint density at radius 2 is 2.12 bits per heavy atom. The summed E-state index contributed by atoms with van der Waals surface area (Å²) in [6, 6.07) is 6.88. The number of aromatic nitrogens is 2. The van der Waals surface area contributed by atoms with Gasteiger partial charge in [0.25, 0.3) is 0 Å². The first-order valence-corrected chi connectivity index (χ1v) is 8.47. The fourth-order valence-corrected chi connectivity index (χ4v) is 2.85. The van der Waals surface area contributed by atoms with Crippen LogP contribution in [0, 0.1) is 0 Å². The molecule has 0 aromatic carbocycles. The largest absolute Gasteiger partial charge is 0.362 e. The van der Waals surface area contributed by atoms with Crippen molar-refractivity contribution < 1.29 is 9.59 Å². The number of pyridine rings is 2. The summed E-state index contributed by atoms with van der Waals surface area (Å²) in [5.74, 6) is 1.35. The molecule has 0 atom stereocenters. The molecule has 8 heteroatoms. The quantitative estimate of drug-likeness (QED) is 0.857. The van der Waals surface area contributed by atoms with Crippen molar-refractivity contribution in [1.29, 1.82) is 0 Å². The number of anilines is 3. The summed E-state index contributed by atoms with van der Waals surface area (Å²) in [4.78, 5) is 36.0. The third-order valence-electron chi connectivity index (χ3n) is 4.11. The molecule has 0 radical (unpaired) electrons. The number of hydrogen-bond acceptors (Lipinski definition) is 5. The molecule has 136 valence electrons. The number of carbonyl (C=O) groups is 2. The van der Waals surface area contributed by atoms with E-state index in [-0.39, 0.29) is 11.9 Å². The Kier molecular flexibility index (Phi) is 5.31. The van der Waals surface area contributed by atoms with Gasteiger partial charge in [0.2, 0.25) is 5.91 Å². The summed E-state index contributed by atoms with van der Waals surface area (Å²) in [5, 5.41) is 5.49. The molecule has 26 heavy (non-hydrogen) atoms. The lowest BCUT2D eigenvalue weighted by Gasteiger charge is -2.16. The lowest BCUT2D eigenvalue weighted by atomic mass is 10.2. The van der Waals surface area contributed by atoms with Gasteiger partial charge in [-0.15, -0.1) is 0 Å². The Hall–Kier alpha value is -3.16. The average molecular weight is 354 g/mol. The Bertz CT molecular complexity index is 791. The van der Waals surface area contributed by atoms with E-state index in [1.807, 2.05) is 31.1 Å². The fourth-order valence-electron chi connectivity index (χ4n) is 2.85. The van der Waals surface area contributed by atoms with Crippen LogP contribution < -0.4 is 20.4 Å². The van der Waals surface area contributed by atoms with Crippen molar-refractivity contribution in [1.82, 2.24) is 15.3 Å². The summed E-state index contributed by atoms with van der Waals surface area (Å²) < 4.78 is 0. The number of amides is 3. The van der Waals surface area contributed by atoms with Gasteiger partial charge in [-0.2, -0.15) is 0 Å². The van der Waals surface area contributed by atoms with E-state index < -0.39 is 0 Å². The van der Waals surface area contributed by atoms with Crippen LogP contribution in [0.15, 0.2) is 36.7 Å². The van der Waals surface area contributed by atoms with E-state index in [1.165, 1.54) is 0 Å². The number of rotatable bonds is 5. The summed E-state index contributed by atoms with van der Waals surface area (Å²) in [6.07, 6.45) is 4.76. The number of nitrogens with zero attached hydrogens (tertiary/aromatic N) is 4. The highest BCUT2D eigenvalue weighted by Crippen LogP contribution is 2.21. The number of nitrogens with one attached hydrogen (secondary N) is 2. The van der Waals surface area contributed by atoms with Gasteiger partial charge in [0, 0.05) is 45.4 Å². The molecule has 3 rings (SSSR count). The molecule has 2 aromatic rings. The molecule has 0 spiro atoms. The smallest absolute Gasteiger partial charge is 0.320 e. The molecule has 1 fully saturated rings. The topological polar surface area (TPSA) is 90.5 Å². The van der Waals surface area contributed by atoms with Gasteiger partial charge in [0.05, 0.1) is 11.9 Å². The molecule has 3 heterocycles. The monoisotopic (exact) mass is 354 g/mol. The van der Waals surface area contributed by atoms with Crippen LogP contribution in [0.2, 0.25) is 0 Å². The molecule has 0 unspecified atom stereocenters. The third kappa shape index (κ3) is 4.08. The molecule has 1 aliphatic rings. The molecule has 0 saturated carbocycles. The molecule has 1 aliphatic heterocycles. The Labute approximate surface area is 152 Å². The number of hydrogen-bond donors (Lipinski definition) is 2. The maximum atomic E-state index is 12.1. The molecule has 3 amide bonds. The number of urea groups is 1. The summed E-state index contributed by atoms with van der Waals surface area (Å²) in [7, 11) is 3.81. The zero-order chi connectivity index (χ0) is 18.5. The lowest BCUT2D eigenvalue weighted by Crippen LogP contribution is -2.29. The maximum Gasteiger partial charge on any atom is 0.320 e. The molecular formula is C18H22N6O2. The highest BCUT2D eigenvalue weighted by Gasteiger charge is 2.21. The minimum Gasteiger partial charge on any atom is -0.362 e. The van der Waals surface area contributed by atoms with Crippen molar-refractivity contribution in [2.45, 2.75) is 19.4 Å². The van der Waals surface area contributed by atoms with E-state index >= 15 is 0 Å². The van der Waals surface area contributed by atoms with Crippen LogP contribution >= 0.6 is 0 Å². The van der Waals surface area contributed by atoms with Crippen molar-refractivity contribution in [2.24, 2.45) is 0 Å². The first-order chi connectivity index (χ1) is 12.5. The Morgan fingerprint density at radius 1 is 1.27 bits per heavy atom. The van der Waals surface area contributed by atoms with Crippen LogP contribution in [0.25, 0.3) is 0 Å². The molecule has 8 nitrogen and oxygen atoms in total. The average Bonchev–Trinajstić information content (AvgIpc) is 3.07. The van der Waals surface area contributed by atoms with E-state index in [9.17, 15) is 9.59 Å². The SMILES string of the molecule is CN(C)c1ncccc1CNC(=O)Nc1ccc(N2CCCC2=O)cn1. The maximum absolute atomic E-state index is 12.1. The predicted molar refractivity (Wildman–Crippen MR) is 100 cm³/mol.